The highest BCUT2D eigenvalue weighted by molar-refractivity contribution is 5.29. The fourth-order valence-corrected chi connectivity index (χ4v) is 1.36. The molecule has 0 amide bonds. The van der Waals surface area contributed by atoms with Crippen molar-refractivity contribution in [2.24, 2.45) is 0 Å². The molecule has 0 N–H and O–H groups in total. The van der Waals surface area contributed by atoms with Crippen LogP contribution in [0.5, 0.6) is 0 Å². The molecular weight excluding hydrogens is 134 g/mol. The average molecular weight is 149 g/mol. The Morgan fingerprint density at radius 3 is 2.45 bits per heavy atom. The summed E-state index contributed by atoms with van der Waals surface area (Å²) >= 11 is 0. The van der Waals surface area contributed by atoms with Gasteiger partial charge < -0.3 is 4.90 Å². The molecule has 0 aromatic carbocycles. The Morgan fingerprint density at radius 2 is 2.18 bits per heavy atom. The van der Waals surface area contributed by atoms with Gasteiger partial charge in [-0.1, -0.05) is 18.2 Å². The smallest absolute Gasteiger partial charge is 0.0796 e. The molecule has 11 heavy (non-hydrogen) atoms. The molecule has 1 heteroatoms. The molecule has 0 fully saturated rings. The zero-order valence-corrected chi connectivity index (χ0v) is 7.46. The summed E-state index contributed by atoms with van der Waals surface area (Å²) in [4.78, 5) is 2.10. The third-order valence-corrected chi connectivity index (χ3v) is 1.91. The Morgan fingerprint density at radius 1 is 1.55 bits per heavy atom. The maximum absolute atomic E-state index is 3.73. The average Bonchev–Trinajstić information content (AvgIpc) is 1.85. The van der Waals surface area contributed by atoms with E-state index in [0.29, 0.717) is 0 Å². The fraction of sp³-hybridized carbons (Fsp3) is 0.400. The van der Waals surface area contributed by atoms with Crippen LogP contribution in [-0.4, -0.2) is 10.4 Å². The minimum atomic E-state index is 0.0839. The third kappa shape index (κ3) is 1.37. The molecule has 0 spiro atoms. The predicted octanol–water partition coefficient (Wildman–Crippen LogP) is 2.68. The van der Waals surface area contributed by atoms with E-state index in [1.807, 2.05) is 12.4 Å². The van der Waals surface area contributed by atoms with Gasteiger partial charge in [0.2, 0.25) is 0 Å². The Hall–Kier alpha value is -0.980. The van der Waals surface area contributed by atoms with Gasteiger partial charge in [-0.25, -0.2) is 0 Å². The van der Waals surface area contributed by atoms with Gasteiger partial charge in [-0.2, -0.15) is 0 Å². The van der Waals surface area contributed by atoms with E-state index in [9.17, 15) is 0 Å². The molecule has 1 nitrogen and oxygen atoms in total. The molecule has 1 aliphatic rings. The number of allylic oxidation sites excluding steroid dienone is 1. The Labute approximate surface area is 68.7 Å². The van der Waals surface area contributed by atoms with Crippen LogP contribution in [0.1, 0.15) is 20.8 Å². The van der Waals surface area contributed by atoms with Gasteiger partial charge in [0.1, 0.15) is 0 Å². The molecule has 0 saturated carbocycles. The van der Waals surface area contributed by atoms with Gasteiger partial charge >= 0.3 is 0 Å². The minimum Gasteiger partial charge on any atom is -0.342 e. The summed E-state index contributed by atoms with van der Waals surface area (Å²) in [5, 5.41) is 0. The lowest BCUT2D eigenvalue weighted by atomic mass is 9.92. The van der Waals surface area contributed by atoms with Crippen LogP contribution in [0, 0.1) is 0 Å². The van der Waals surface area contributed by atoms with Crippen molar-refractivity contribution in [3.05, 3.63) is 36.7 Å². The lowest BCUT2D eigenvalue weighted by molar-refractivity contribution is 0.307. The van der Waals surface area contributed by atoms with Crippen LogP contribution in [0.4, 0.5) is 0 Å². The third-order valence-electron chi connectivity index (χ3n) is 1.91. The summed E-state index contributed by atoms with van der Waals surface area (Å²) in [5.41, 5.74) is 1.42. The highest BCUT2D eigenvalue weighted by Crippen LogP contribution is 2.28. The first-order valence-electron chi connectivity index (χ1n) is 3.85. The van der Waals surface area contributed by atoms with E-state index in [1.165, 1.54) is 5.57 Å². The number of hydrogen-bond acceptors (Lipinski definition) is 1. The molecule has 0 aliphatic carbocycles. The van der Waals surface area contributed by atoms with E-state index in [1.54, 1.807) is 0 Å². The summed E-state index contributed by atoms with van der Waals surface area (Å²) in [5.74, 6) is 0. The van der Waals surface area contributed by atoms with Crippen molar-refractivity contribution >= 4 is 0 Å². The van der Waals surface area contributed by atoms with Gasteiger partial charge in [0.05, 0.1) is 5.54 Å². The maximum Gasteiger partial charge on any atom is 0.0796 e. The Kier molecular flexibility index (Phi) is 1.90. The summed E-state index contributed by atoms with van der Waals surface area (Å²) in [6.07, 6.45) is 8.28. The van der Waals surface area contributed by atoms with E-state index >= 15 is 0 Å². The molecule has 1 unspecified atom stereocenters. The van der Waals surface area contributed by atoms with Crippen LogP contribution in [0.25, 0.3) is 0 Å². The largest absolute Gasteiger partial charge is 0.342 e. The van der Waals surface area contributed by atoms with Crippen molar-refractivity contribution in [3.8, 4) is 0 Å². The van der Waals surface area contributed by atoms with Gasteiger partial charge in [-0.15, -0.1) is 0 Å². The quantitative estimate of drug-likeness (QED) is 0.546. The van der Waals surface area contributed by atoms with Crippen molar-refractivity contribution in [2.75, 3.05) is 0 Å². The minimum absolute atomic E-state index is 0.0839. The van der Waals surface area contributed by atoms with E-state index in [4.69, 9.17) is 0 Å². The summed E-state index contributed by atoms with van der Waals surface area (Å²) < 4.78 is 0. The number of nitrogens with zero attached hydrogens (tertiary/aromatic N) is 1. The highest BCUT2D eigenvalue weighted by atomic mass is 15.2. The normalized spacial score (nSPS) is 27.7. The lowest BCUT2D eigenvalue weighted by Crippen LogP contribution is -2.42. The molecule has 0 bridgehead atoms. The molecule has 1 heterocycles. The summed E-state index contributed by atoms with van der Waals surface area (Å²) in [6, 6.07) is 0. The second-order valence-corrected chi connectivity index (χ2v) is 3.35. The predicted molar refractivity (Wildman–Crippen MR) is 49.0 cm³/mol. The monoisotopic (exact) mass is 149 g/mol. The van der Waals surface area contributed by atoms with Gasteiger partial charge in [0.15, 0.2) is 0 Å². The van der Waals surface area contributed by atoms with Crippen molar-refractivity contribution in [3.63, 3.8) is 0 Å². The SMILES string of the molecule is C=CN1C=CC1(C)C=C(C)C. The van der Waals surface area contributed by atoms with E-state index in [2.05, 4.69) is 44.4 Å². The van der Waals surface area contributed by atoms with Gasteiger partial charge in [0.25, 0.3) is 0 Å². The maximum atomic E-state index is 3.73. The van der Waals surface area contributed by atoms with Gasteiger partial charge in [-0.3, -0.25) is 0 Å². The first-order valence-corrected chi connectivity index (χ1v) is 3.85. The van der Waals surface area contributed by atoms with Crippen LogP contribution in [0.15, 0.2) is 36.7 Å². The summed E-state index contributed by atoms with van der Waals surface area (Å²) in [6.45, 7) is 10.1. The number of hydrogen-bond donors (Lipinski definition) is 0. The molecule has 1 aliphatic heterocycles. The highest BCUT2D eigenvalue weighted by Gasteiger charge is 2.29. The fourth-order valence-electron chi connectivity index (χ4n) is 1.36. The van der Waals surface area contributed by atoms with E-state index < -0.39 is 0 Å². The second-order valence-electron chi connectivity index (χ2n) is 3.35. The van der Waals surface area contributed by atoms with Crippen LogP contribution < -0.4 is 0 Å². The van der Waals surface area contributed by atoms with E-state index in [0.717, 1.165) is 0 Å². The van der Waals surface area contributed by atoms with Crippen molar-refractivity contribution in [1.82, 2.24) is 4.90 Å². The summed E-state index contributed by atoms with van der Waals surface area (Å²) in [7, 11) is 0. The van der Waals surface area contributed by atoms with Crippen molar-refractivity contribution in [2.45, 2.75) is 26.3 Å². The zero-order valence-electron chi connectivity index (χ0n) is 7.46. The molecule has 1 atom stereocenters. The molecule has 60 valence electrons. The molecule has 0 aromatic heterocycles. The molecule has 0 aromatic rings. The molecule has 1 rings (SSSR count). The Bertz CT molecular complexity index is 221. The topological polar surface area (TPSA) is 3.24 Å². The van der Waals surface area contributed by atoms with Crippen LogP contribution in [0.3, 0.4) is 0 Å². The van der Waals surface area contributed by atoms with E-state index in [-0.39, 0.29) is 5.54 Å². The Balaban J connectivity index is 2.79. The van der Waals surface area contributed by atoms with Gasteiger partial charge in [0, 0.05) is 6.20 Å². The molecule has 0 saturated heterocycles. The standard InChI is InChI=1S/C10H15N/c1-5-11-7-6-10(11,4)8-9(2)3/h5-8H,1H2,2-4H3. The van der Waals surface area contributed by atoms with Crippen LogP contribution in [0.2, 0.25) is 0 Å². The molecular formula is C10H15N. The number of rotatable bonds is 2. The first-order chi connectivity index (χ1) is 5.08. The van der Waals surface area contributed by atoms with Crippen molar-refractivity contribution < 1.29 is 0 Å². The lowest BCUT2D eigenvalue weighted by Gasteiger charge is -2.41. The second kappa shape index (κ2) is 2.57. The molecule has 0 radical (unpaired) electrons. The van der Waals surface area contributed by atoms with Crippen LogP contribution in [-0.2, 0) is 0 Å². The van der Waals surface area contributed by atoms with Crippen molar-refractivity contribution in [1.29, 1.82) is 0 Å². The zero-order chi connectivity index (χ0) is 8.48. The first kappa shape index (κ1) is 8.12. The van der Waals surface area contributed by atoms with Gasteiger partial charge in [-0.05, 0) is 33.0 Å². The van der Waals surface area contributed by atoms with Crippen LogP contribution >= 0.6 is 0 Å².